The van der Waals surface area contributed by atoms with Gasteiger partial charge in [0.1, 0.15) is 0 Å². The van der Waals surface area contributed by atoms with E-state index in [-0.39, 0.29) is 5.25 Å². The Kier molecular flexibility index (Phi) is 6.75. The average Bonchev–Trinajstić information content (AvgIpc) is 1.97. The summed E-state index contributed by atoms with van der Waals surface area (Å²) < 4.78 is 0. The highest BCUT2D eigenvalue weighted by Crippen LogP contribution is 2.14. The molecule has 0 fully saturated rings. The summed E-state index contributed by atoms with van der Waals surface area (Å²) in [6.07, 6.45) is 4.23. The topological polar surface area (TPSA) is 37.3 Å². The van der Waals surface area contributed by atoms with E-state index >= 15 is 0 Å². The van der Waals surface area contributed by atoms with Crippen LogP contribution in [-0.4, -0.2) is 25.7 Å². The van der Waals surface area contributed by atoms with Gasteiger partial charge >= 0.3 is 5.97 Å². The third-order valence-corrected chi connectivity index (χ3v) is 4.34. The fraction of sp³-hybridized carbons (Fsp3) is 0.857. The lowest BCUT2D eigenvalue weighted by Crippen LogP contribution is -2.15. The number of carboxylic acids is 1. The second kappa shape index (κ2) is 6.73. The van der Waals surface area contributed by atoms with Gasteiger partial charge in [-0.05, 0) is 6.42 Å². The van der Waals surface area contributed by atoms with Crippen molar-refractivity contribution in [3.05, 3.63) is 0 Å². The van der Waals surface area contributed by atoms with Gasteiger partial charge in [-0.15, -0.1) is 0 Å². The Balaban J connectivity index is 3.44. The molecule has 0 aromatic carbocycles. The number of unbranched alkanes of at least 4 members (excludes halogenated alkanes) is 2. The van der Waals surface area contributed by atoms with Gasteiger partial charge in [0.2, 0.25) is 0 Å². The molecule has 0 aliphatic carbocycles. The van der Waals surface area contributed by atoms with Crippen LogP contribution in [0.4, 0.5) is 0 Å². The summed E-state index contributed by atoms with van der Waals surface area (Å²) in [5, 5.41) is 8.54. The van der Waals surface area contributed by atoms with Crippen LogP contribution in [0.3, 0.4) is 0 Å². The molecule has 0 heterocycles. The molecule has 0 saturated heterocycles. The second-order valence-electron chi connectivity index (χ2n) is 2.56. The lowest BCUT2D eigenvalue weighted by atomic mass is 10.1. The molecule has 0 saturated carbocycles. The first kappa shape index (κ1) is 11.0. The van der Waals surface area contributed by atoms with Crippen LogP contribution in [0.25, 0.3) is 0 Å². The van der Waals surface area contributed by atoms with Crippen molar-refractivity contribution in [1.82, 2.24) is 0 Å². The Hall–Kier alpha value is 0.0369. The molecule has 0 rings (SSSR count). The smallest absolute Gasteiger partial charge is 0.316 e. The first-order valence-corrected chi connectivity index (χ1v) is 7.71. The van der Waals surface area contributed by atoms with E-state index in [0.29, 0.717) is 0 Å². The molecule has 0 amide bonds. The van der Waals surface area contributed by atoms with Crippen molar-refractivity contribution in [3.63, 3.8) is 0 Å². The minimum absolute atomic E-state index is 0.131. The normalized spacial score (nSPS) is 13.2. The first-order chi connectivity index (χ1) is 5.22. The maximum absolute atomic E-state index is 10.5. The highest BCUT2D eigenvalue weighted by atomic mass is 32.4. The van der Waals surface area contributed by atoms with E-state index in [4.69, 9.17) is 5.11 Å². The molecule has 1 N–H and O–H groups in total. The largest absolute Gasteiger partial charge is 0.480 e. The fourth-order valence-electron chi connectivity index (χ4n) is 0.922. The van der Waals surface area contributed by atoms with Crippen molar-refractivity contribution in [2.75, 3.05) is 0 Å². The van der Waals surface area contributed by atoms with E-state index < -0.39 is 5.97 Å². The molecule has 0 aromatic rings. The predicted octanol–water partition coefficient (Wildman–Crippen LogP) is 1.03. The number of carboxylic acid groups (broad SMARTS) is 1. The Bertz CT molecular complexity index is 119. The van der Waals surface area contributed by atoms with E-state index in [9.17, 15) is 4.79 Å². The molecular weight excluding hydrogens is 176 g/mol. The Morgan fingerprint density at radius 2 is 2.27 bits per heavy atom. The summed E-state index contributed by atoms with van der Waals surface area (Å²) in [6.45, 7) is 2.13. The van der Waals surface area contributed by atoms with Gasteiger partial charge in [-0.25, -0.2) is 0 Å². The van der Waals surface area contributed by atoms with Crippen molar-refractivity contribution in [3.8, 4) is 0 Å². The molecule has 0 aliphatic rings. The van der Waals surface area contributed by atoms with Crippen molar-refractivity contribution < 1.29 is 9.90 Å². The summed E-state index contributed by atoms with van der Waals surface area (Å²) in [4.78, 5) is 10.5. The molecule has 11 heavy (non-hydrogen) atoms. The molecule has 4 heteroatoms. The van der Waals surface area contributed by atoms with Crippen LogP contribution < -0.4 is 0 Å². The zero-order valence-corrected chi connectivity index (χ0v) is 9.99. The van der Waals surface area contributed by atoms with Gasteiger partial charge in [0, 0.05) is 0 Å². The number of hydrogen-bond acceptors (Lipinski definition) is 2. The number of aliphatic carboxylic acids is 1. The van der Waals surface area contributed by atoms with Gasteiger partial charge < -0.3 is 5.11 Å². The van der Waals surface area contributed by atoms with Crippen molar-refractivity contribution in [2.24, 2.45) is 0 Å². The highest BCUT2D eigenvalue weighted by Gasteiger charge is 2.13. The van der Waals surface area contributed by atoms with Crippen LogP contribution in [0.1, 0.15) is 32.6 Å². The first-order valence-electron chi connectivity index (χ1n) is 3.98. The van der Waals surface area contributed by atoms with Crippen LogP contribution in [-0.2, 0) is 4.79 Å². The quantitative estimate of drug-likeness (QED) is 0.504. The summed E-state index contributed by atoms with van der Waals surface area (Å²) in [5.74, 6) is -0.638. The minimum atomic E-state index is -0.638. The molecule has 1 unspecified atom stereocenters. The third kappa shape index (κ3) is 5.32. The van der Waals surface area contributed by atoms with E-state index in [1.807, 2.05) is 0 Å². The third-order valence-electron chi connectivity index (χ3n) is 1.63. The van der Waals surface area contributed by atoms with Crippen LogP contribution in [0.2, 0.25) is 0 Å². The van der Waals surface area contributed by atoms with E-state index in [0.717, 1.165) is 35.1 Å². The predicted molar refractivity (Wildman–Crippen MR) is 53.1 cm³/mol. The van der Waals surface area contributed by atoms with Crippen LogP contribution in [0, 0.1) is 0 Å². The van der Waals surface area contributed by atoms with Crippen molar-refractivity contribution in [2.45, 2.75) is 37.9 Å². The average molecular weight is 192 g/mol. The highest BCUT2D eigenvalue weighted by molar-refractivity contribution is 8.20. The minimum Gasteiger partial charge on any atom is -0.480 e. The molecular formula is C7H16O2SSi. The van der Waals surface area contributed by atoms with Gasteiger partial charge in [-0.2, -0.15) is 11.2 Å². The number of hydrogen-bond donors (Lipinski definition) is 1. The van der Waals surface area contributed by atoms with Gasteiger partial charge in [-0.3, -0.25) is 4.79 Å². The maximum atomic E-state index is 10.5. The van der Waals surface area contributed by atoms with Gasteiger partial charge in [-0.1, -0.05) is 26.2 Å². The van der Waals surface area contributed by atoms with Gasteiger partial charge in [0.25, 0.3) is 0 Å². The van der Waals surface area contributed by atoms with E-state index in [1.54, 1.807) is 11.2 Å². The molecule has 0 aliphatic heterocycles. The molecule has 66 valence electrons. The molecule has 0 aromatic heterocycles. The van der Waals surface area contributed by atoms with Crippen LogP contribution >= 0.6 is 11.2 Å². The zero-order chi connectivity index (χ0) is 8.69. The molecule has 0 spiro atoms. The number of rotatable bonds is 6. The van der Waals surface area contributed by atoms with Crippen LogP contribution in [0.5, 0.6) is 0 Å². The zero-order valence-electron chi connectivity index (χ0n) is 7.17. The van der Waals surface area contributed by atoms with E-state index in [1.165, 1.54) is 0 Å². The van der Waals surface area contributed by atoms with Crippen molar-refractivity contribution >= 4 is 26.6 Å². The van der Waals surface area contributed by atoms with Gasteiger partial charge in [0.15, 0.2) is 0 Å². The molecule has 2 nitrogen and oxygen atoms in total. The summed E-state index contributed by atoms with van der Waals surface area (Å²) in [5.41, 5.74) is 0. The Labute approximate surface area is 74.8 Å². The van der Waals surface area contributed by atoms with Gasteiger partial charge in [0.05, 0.1) is 14.6 Å². The summed E-state index contributed by atoms with van der Waals surface area (Å²) in [6, 6.07) is 0. The van der Waals surface area contributed by atoms with Crippen LogP contribution in [0.15, 0.2) is 0 Å². The number of carbonyl (C=O) groups is 1. The van der Waals surface area contributed by atoms with E-state index in [2.05, 4.69) is 6.92 Å². The summed E-state index contributed by atoms with van der Waals surface area (Å²) >= 11 is 1.57. The summed E-state index contributed by atoms with van der Waals surface area (Å²) in [7, 11) is 0.924. The standard InChI is InChI=1S/C7H16O2SSi/c1-2-3-4-5-6(10-11)7(8)9/h6H,2-5H2,1,11H3,(H,8,9). The lowest BCUT2D eigenvalue weighted by Gasteiger charge is -2.07. The molecule has 1 atom stereocenters. The Morgan fingerprint density at radius 3 is 2.64 bits per heavy atom. The van der Waals surface area contributed by atoms with Crippen molar-refractivity contribution in [1.29, 1.82) is 0 Å². The molecule has 0 bridgehead atoms. The lowest BCUT2D eigenvalue weighted by molar-refractivity contribution is -0.136. The fourth-order valence-corrected chi connectivity index (χ4v) is 2.84. The SMILES string of the molecule is CCCCCC(S[SiH3])C(=O)O. The maximum Gasteiger partial charge on any atom is 0.316 e. The Morgan fingerprint density at radius 1 is 1.64 bits per heavy atom. The monoisotopic (exact) mass is 192 g/mol. The molecule has 0 radical (unpaired) electrons. The second-order valence-corrected chi connectivity index (χ2v) is 5.01.